The molecule has 3 aromatic rings. The smallest absolute Gasteiger partial charge is 0.255 e. The van der Waals surface area contributed by atoms with Gasteiger partial charge in [-0.1, -0.05) is 36.4 Å². The first kappa shape index (κ1) is 19.7. The van der Waals surface area contributed by atoms with E-state index in [1.807, 2.05) is 60.7 Å². The summed E-state index contributed by atoms with van der Waals surface area (Å²) in [5.41, 5.74) is 4.33. The van der Waals surface area contributed by atoms with Gasteiger partial charge in [-0.05, 0) is 60.4 Å². The Morgan fingerprint density at radius 3 is 2.63 bits per heavy atom. The van der Waals surface area contributed by atoms with E-state index in [1.54, 1.807) is 24.0 Å². The Balaban J connectivity index is 1.44. The molecule has 1 N–H and O–H groups in total. The quantitative estimate of drug-likeness (QED) is 0.668. The van der Waals surface area contributed by atoms with E-state index in [1.165, 1.54) is 0 Å². The topological polar surface area (TPSA) is 58.6 Å². The van der Waals surface area contributed by atoms with E-state index in [2.05, 4.69) is 5.32 Å². The molecule has 0 spiro atoms. The highest BCUT2D eigenvalue weighted by atomic mass is 16.5. The van der Waals surface area contributed by atoms with Gasteiger partial charge in [-0.15, -0.1) is 0 Å². The van der Waals surface area contributed by atoms with Crippen LogP contribution in [0.4, 0.5) is 11.4 Å². The lowest BCUT2D eigenvalue weighted by Crippen LogP contribution is -2.33. The number of nitrogens with one attached hydrogen (secondary N) is 1. The highest BCUT2D eigenvalue weighted by Crippen LogP contribution is 2.30. The maximum Gasteiger partial charge on any atom is 0.255 e. The van der Waals surface area contributed by atoms with Crippen LogP contribution >= 0.6 is 0 Å². The fourth-order valence-corrected chi connectivity index (χ4v) is 3.67. The fourth-order valence-electron chi connectivity index (χ4n) is 3.67. The number of hydrogen-bond acceptors (Lipinski definition) is 3. The molecule has 0 saturated carbocycles. The number of amides is 2. The van der Waals surface area contributed by atoms with Crippen molar-refractivity contribution >= 4 is 23.2 Å². The zero-order chi connectivity index (χ0) is 20.9. The molecule has 0 aromatic heterocycles. The van der Waals surface area contributed by atoms with Crippen molar-refractivity contribution in [3.8, 4) is 5.75 Å². The van der Waals surface area contributed by atoms with Crippen molar-refractivity contribution in [2.24, 2.45) is 0 Å². The molecule has 0 saturated heterocycles. The summed E-state index contributed by atoms with van der Waals surface area (Å²) in [6.45, 7) is 2.77. The third kappa shape index (κ3) is 4.51. The molecule has 30 heavy (non-hydrogen) atoms. The van der Waals surface area contributed by atoms with Crippen molar-refractivity contribution in [3.05, 3.63) is 89.5 Å². The van der Waals surface area contributed by atoms with Gasteiger partial charge in [0.1, 0.15) is 12.4 Å². The van der Waals surface area contributed by atoms with Gasteiger partial charge in [0, 0.05) is 30.4 Å². The molecule has 0 atom stereocenters. The van der Waals surface area contributed by atoms with Crippen molar-refractivity contribution in [2.75, 3.05) is 16.8 Å². The summed E-state index contributed by atoms with van der Waals surface area (Å²) in [6.07, 6.45) is 1.82. The molecular formula is C25H24N2O3. The molecule has 2 amide bonds. The standard InChI is InChI=1S/C25H24N2O3/c1-18(28)27-14-6-10-20-15-22(12-13-24(20)27)26-25(29)21-9-5-11-23(16-21)30-17-19-7-3-2-4-8-19/h2-5,7-9,11-13,15-16H,6,10,14,17H2,1H3,(H,26,29). The van der Waals surface area contributed by atoms with Crippen molar-refractivity contribution in [2.45, 2.75) is 26.4 Å². The zero-order valence-corrected chi connectivity index (χ0v) is 16.9. The number of benzene rings is 3. The molecule has 1 aliphatic heterocycles. The number of fused-ring (bicyclic) bond motifs is 1. The summed E-state index contributed by atoms with van der Waals surface area (Å²) < 4.78 is 5.82. The van der Waals surface area contributed by atoms with Gasteiger partial charge < -0.3 is 15.0 Å². The van der Waals surface area contributed by atoms with Crippen LogP contribution in [-0.4, -0.2) is 18.4 Å². The van der Waals surface area contributed by atoms with Crippen LogP contribution < -0.4 is 15.0 Å². The van der Waals surface area contributed by atoms with Gasteiger partial charge in [0.05, 0.1) is 0 Å². The van der Waals surface area contributed by atoms with E-state index in [9.17, 15) is 9.59 Å². The SMILES string of the molecule is CC(=O)N1CCCc2cc(NC(=O)c3cccc(OCc4ccccc4)c3)ccc21. The molecule has 0 bridgehead atoms. The van der Waals surface area contributed by atoms with Gasteiger partial charge in [0.2, 0.25) is 5.91 Å². The van der Waals surface area contributed by atoms with Crippen LogP contribution in [0.1, 0.15) is 34.8 Å². The van der Waals surface area contributed by atoms with Gasteiger partial charge in [-0.3, -0.25) is 9.59 Å². The first-order valence-corrected chi connectivity index (χ1v) is 10.1. The number of hydrogen-bond donors (Lipinski definition) is 1. The van der Waals surface area contributed by atoms with Crippen LogP contribution in [0.2, 0.25) is 0 Å². The maximum atomic E-state index is 12.7. The molecule has 1 aliphatic rings. The summed E-state index contributed by atoms with van der Waals surface area (Å²) in [4.78, 5) is 26.4. The fraction of sp³-hybridized carbons (Fsp3) is 0.200. The number of ether oxygens (including phenoxy) is 1. The van der Waals surface area contributed by atoms with Crippen molar-refractivity contribution in [3.63, 3.8) is 0 Å². The summed E-state index contributed by atoms with van der Waals surface area (Å²) in [6, 6.07) is 22.8. The first-order chi connectivity index (χ1) is 14.6. The molecule has 0 radical (unpaired) electrons. The minimum absolute atomic E-state index is 0.0417. The van der Waals surface area contributed by atoms with E-state index >= 15 is 0 Å². The number of anilines is 2. The molecule has 0 fully saturated rings. The highest BCUT2D eigenvalue weighted by molar-refractivity contribution is 6.04. The van der Waals surface area contributed by atoms with E-state index in [4.69, 9.17) is 4.74 Å². The summed E-state index contributed by atoms with van der Waals surface area (Å²) in [5, 5.41) is 2.96. The van der Waals surface area contributed by atoms with E-state index in [0.29, 0.717) is 17.9 Å². The second kappa shape index (κ2) is 8.82. The zero-order valence-electron chi connectivity index (χ0n) is 16.9. The second-order valence-corrected chi connectivity index (χ2v) is 7.37. The Morgan fingerprint density at radius 1 is 1.00 bits per heavy atom. The van der Waals surface area contributed by atoms with Gasteiger partial charge in [-0.25, -0.2) is 0 Å². The normalized spacial score (nSPS) is 12.8. The number of carbonyl (C=O) groups is 2. The van der Waals surface area contributed by atoms with Crippen LogP contribution in [0.5, 0.6) is 5.75 Å². The molecule has 5 nitrogen and oxygen atoms in total. The Kier molecular flexibility index (Phi) is 5.80. The van der Waals surface area contributed by atoms with Gasteiger partial charge >= 0.3 is 0 Å². The van der Waals surface area contributed by atoms with E-state index in [0.717, 1.165) is 41.9 Å². The second-order valence-electron chi connectivity index (χ2n) is 7.37. The predicted octanol–water partition coefficient (Wildman–Crippen LogP) is 4.82. The van der Waals surface area contributed by atoms with Crippen molar-refractivity contribution in [1.29, 1.82) is 0 Å². The van der Waals surface area contributed by atoms with Crippen molar-refractivity contribution in [1.82, 2.24) is 0 Å². The Labute approximate surface area is 176 Å². The van der Waals surface area contributed by atoms with Crippen LogP contribution in [0.3, 0.4) is 0 Å². The van der Waals surface area contributed by atoms with Crippen LogP contribution in [0.25, 0.3) is 0 Å². The lowest BCUT2D eigenvalue weighted by molar-refractivity contribution is -0.116. The summed E-state index contributed by atoms with van der Waals surface area (Å²) in [5.74, 6) is 0.494. The third-order valence-electron chi connectivity index (χ3n) is 5.18. The molecule has 152 valence electrons. The average Bonchev–Trinajstić information content (AvgIpc) is 2.78. The van der Waals surface area contributed by atoms with Gasteiger partial charge in [0.15, 0.2) is 0 Å². The van der Waals surface area contributed by atoms with E-state index < -0.39 is 0 Å². The van der Waals surface area contributed by atoms with Crippen LogP contribution in [0.15, 0.2) is 72.8 Å². The Morgan fingerprint density at radius 2 is 1.83 bits per heavy atom. The molecule has 5 heteroatoms. The summed E-state index contributed by atoms with van der Waals surface area (Å²) in [7, 11) is 0. The Bertz CT molecular complexity index is 1060. The molecular weight excluding hydrogens is 376 g/mol. The lowest BCUT2D eigenvalue weighted by Gasteiger charge is -2.29. The van der Waals surface area contributed by atoms with Crippen LogP contribution in [-0.2, 0) is 17.8 Å². The number of carbonyl (C=O) groups excluding carboxylic acids is 2. The number of aryl methyl sites for hydroxylation is 1. The molecule has 0 aliphatic carbocycles. The third-order valence-corrected chi connectivity index (χ3v) is 5.18. The predicted molar refractivity (Wildman–Crippen MR) is 118 cm³/mol. The number of nitrogens with zero attached hydrogens (tertiary/aromatic N) is 1. The monoisotopic (exact) mass is 400 g/mol. The largest absolute Gasteiger partial charge is 0.489 e. The molecule has 0 unspecified atom stereocenters. The molecule has 3 aromatic carbocycles. The molecule has 4 rings (SSSR count). The average molecular weight is 400 g/mol. The first-order valence-electron chi connectivity index (χ1n) is 10.1. The van der Waals surface area contributed by atoms with Gasteiger partial charge in [0.25, 0.3) is 5.91 Å². The minimum Gasteiger partial charge on any atom is -0.489 e. The summed E-state index contributed by atoms with van der Waals surface area (Å²) >= 11 is 0. The van der Waals surface area contributed by atoms with Gasteiger partial charge in [-0.2, -0.15) is 0 Å². The maximum absolute atomic E-state index is 12.7. The van der Waals surface area contributed by atoms with Crippen molar-refractivity contribution < 1.29 is 14.3 Å². The minimum atomic E-state index is -0.195. The van der Waals surface area contributed by atoms with Crippen LogP contribution in [0, 0.1) is 0 Å². The highest BCUT2D eigenvalue weighted by Gasteiger charge is 2.20. The van der Waals surface area contributed by atoms with E-state index in [-0.39, 0.29) is 11.8 Å². The Hall–Kier alpha value is -3.60. The lowest BCUT2D eigenvalue weighted by atomic mass is 10.0. The molecule has 1 heterocycles. The number of rotatable bonds is 5.